The molecule has 1 aromatic rings. The molecule has 1 heterocycles. The van der Waals surface area contributed by atoms with Gasteiger partial charge in [0, 0.05) is 12.6 Å². The Kier molecular flexibility index (Phi) is 3.12. The molecule has 0 bridgehead atoms. The van der Waals surface area contributed by atoms with E-state index < -0.39 is 0 Å². The van der Waals surface area contributed by atoms with Crippen LogP contribution in [0.15, 0.2) is 18.3 Å². The van der Waals surface area contributed by atoms with Gasteiger partial charge in [-0.2, -0.15) is 0 Å². The molecule has 0 aliphatic carbocycles. The highest BCUT2D eigenvalue weighted by atomic mass is 16.3. The molecular formula is C9H9NO2. The van der Waals surface area contributed by atoms with E-state index in [0.717, 1.165) is 0 Å². The van der Waals surface area contributed by atoms with E-state index in [0.29, 0.717) is 12.1 Å². The van der Waals surface area contributed by atoms with Crippen molar-refractivity contribution in [2.75, 3.05) is 6.61 Å². The Hall–Kier alpha value is -1.53. The summed E-state index contributed by atoms with van der Waals surface area (Å²) in [5.41, 5.74) is 0.353. The van der Waals surface area contributed by atoms with Crippen LogP contribution >= 0.6 is 0 Å². The molecule has 3 nitrogen and oxygen atoms in total. The fourth-order valence-corrected chi connectivity index (χ4v) is 0.695. The van der Waals surface area contributed by atoms with Crippen LogP contribution in [0.25, 0.3) is 0 Å². The molecule has 2 N–H and O–H groups in total. The predicted octanol–water partition coefficient (Wildman–Crippen LogP) is 0.521. The fraction of sp³-hybridized carbons (Fsp3) is 0.222. The second-order valence-electron chi connectivity index (χ2n) is 2.15. The van der Waals surface area contributed by atoms with Gasteiger partial charge in [0.2, 0.25) is 0 Å². The zero-order valence-corrected chi connectivity index (χ0v) is 6.49. The van der Waals surface area contributed by atoms with Crippen molar-refractivity contribution in [1.82, 2.24) is 4.98 Å². The first-order chi connectivity index (χ1) is 5.84. The molecule has 0 unspecified atom stereocenters. The largest absolute Gasteiger partial charge is 0.505 e. The van der Waals surface area contributed by atoms with Gasteiger partial charge in [0.05, 0.1) is 6.61 Å². The van der Waals surface area contributed by atoms with Gasteiger partial charge in [-0.3, -0.25) is 0 Å². The van der Waals surface area contributed by atoms with Gasteiger partial charge < -0.3 is 10.2 Å². The molecule has 0 spiro atoms. The second kappa shape index (κ2) is 4.37. The van der Waals surface area contributed by atoms with Gasteiger partial charge in [0.15, 0.2) is 5.69 Å². The van der Waals surface area contributed by atoms with Gasteiger partial charge >= 0.3 is 0 Å². The minimum Gasteiger partial charge on any atom is -0.505 e. The number of hydrogen-bond acceptors (Lipinski definition) is 3. The SMILES string of the molecule is OCCC#Cc1ncccc1O. The smallest absolute Gasteiger partial charge is 0.154 e. The van der Waals surface area contributed by atoms with E-state index >= 15 is 0 Å². The van der Waals surface area contributed by atoms with E-state index in [2.05, 4.69) is 16.8 Å². The highest BCUT2D eigenvalue weighted by Gasteiger charge is 1.94. The van der Waals surface area contributed by atoms with Crippen LogP contribution in [0.3, 0.4) is 0 Å². The standard InChI is InChI=1S/C9H9NO2/c11-7-2-1-4-8-9(12)5-3-6-10-8/h3,5-6,11-12H,2,7H2. The molecule has 0 fully saturated rings. The van der Waals surface area contributed by atoms with Crippen LogP contribution < -0.4 is 0 Å². The monoisotopic (exact) mass is 163 g/mol. The van der Waals surface area contributed by atoms with Crippen LogP contribution in [-0.4, -0.2) is 21.8 Å². The Labute approximate surface area is 70.7 Å². The summed E-state index contributed by atoms with van der Waals surface area (Å²) in [5, 5.41) is 17.6. The Bertz CT molecular complexity index is 312. The first-order valence-corrected chi connectivity index (χ1v) is 3.58. The molecule has 1 rings (SSSR count). The van der Waals surface area contributed by atoms with Crippen molar-refractivity contribution in [2.24, 2.45) is 0 Å². The third-order valence-corrected chi connectivity index (χ3v) is 1.23. The first-order valence-electron chi connectivity index (χ1n) is 3.58. The van der Waals surface area contributed by atoms with Crippen LogP contribution in [-0.2, 0) is 0 Å². The summed E-state index contributed by atoms with van der Waals surface area (Å²) >= 11 is 0. The topological polar surface area (TPSA) is 53.4 Å². The maximum Gasteiger partial charge on any atom is 0.154 e. The van der Waals surface area contributed by atoms with E-state index in [1.807, 2.05) is 0 Å². The summed E-state index contributed by atoms with van der Waals surface area (Å²) in [4.78, 5) is 3.84. The summed E-state index contributed by atoms with van der Waals surface area (Å²) < 4.78 is 0. The molecule has 0 aliphatic rings. The Morgan fingerprint density at radius 3 is 3.00 bits per heavy atom. The Morgan fingerprint density at radius 1 is 1.50 bits per heavy atom. The van der Waals surface area contributed by atoms with Gasteiger partial charge in [-0.1, -0.05) is 5.92 Å². The summed E-state index contributed by atoms with van der Waals surface area (Å²) in [6, 6.07) is 3.16. The zero-order chi connectivity index (χ0) is 8.81. The van der Waals surface area contributed by atoms with Crippen LogP contribution in [0, 0.1) is 11.8 Å². The molecule has 3 heteroatoms. The van der Waals surface area contributed by atoms with Crippen molar-refractivity contribution in [3.8, 4) is 17.6 Å². The van der Waals surface area contributed by atoms with E-state index in [9.17, 15) is 5.11 Å². The van der Waals surface area contributed by atoms with E-state index in [4.69, 9.17) is 5.11 Å². The molecule has 0 saturated heterocycles. The van der Waals surface area contributed by atoms with Crippen LogP contribution in [0.2, 0.25) is 0 Å². The highest BCUT2D eigenvalue weighted by molar-refractivity contribution is 5.38. The molecule has 0 amide bonds. The van der Waals surface area contributed by atoms with Gasteiger partial charge in [-0.15, -0.1) is 0 Å². The lowest BCUT2D eigenvalue weighted by molar-refractivity contribution is 0.305. The van der Waals surface area contributed by atoms with Crippen molar-refractivity contribution in [2.45, 2.75) is 6.42 Å². The van der Waals surface area contributed by atoms with Crippen molar-refractivity contribution in [3.05, 3.63) is 24.0 Å². The second-order valence-corrected chi connectivity index (χ2v) is 2.15. The summed E-state index contributed by atoms with van der Waals surface area (Å²) in [7, 11) is 0. The van der Waals surface area contributed by atoms with Gasteiger partial charge in [-0.05, 0) is 18.1 Å². The van der Waals surface area contributed by atoms with Crippen LogP contribution in [0.1, 0.15) is 12.1 Å². The van der Waals surface area contributed by atoms with Gasteiger partial charge in [0.1, 0.15) is 5.75 Å². The molecule has 0 aliphatic heterocycles. The lowest BCUT2D eigenvalue weighted by atomic mass is 10.3. The number of aliphatic hydroxyl groups is 1. The molecule has 0 atom stereocenters. The lowest BCUT2D eigenvalue weighted by Crippen LogP contribution is -1.82. The van der Waals surface area contributed by atoms with Crippen LogP contribution in [0.4, 0.5) is 0 Å². The van der Waals surface area contributed by atoms with Crippen molar-refractivity contribution in [1.29, 1.82) is 0 Å². The van der Waals surface area contributed by atoms with E-state index in [1.54, 1.807) is 12.3 Å². The molecule has 1 aromatic heterocycles. The highest BCUT2D eigenvalue weighted by Crippen LogP contribution is 2.10. The molecular weight excluding hydrogens is 154 g/mol. The number of rotatable bonds is 1. The first kappa shape index (κ1) is 8.57. The molecule has 62 valence electrons. The number of nitrogens with zero attached hydrogens (tertiary/aromatic N) is 1. The average Bonchev–Trinajstić information content (AvgIpc) is 2.09. The number of hydrogen-bond donors (Lipinski definition) is 2. The van der Waals surface area contributed by atoms with E-state index in [1.165, 1.54) is 6.07 Å². The number of aliphatic hydroxyl groups excluding tert-OH is 1. The third-order valence-electron chi connectivity index (χ3n) is 1.23. The number of aromatic hydroxyl groups is 1. The summed E-state index contributed by atoms with van der Waals surface area (Å²) in [6.45, 7) is 0.0284. The number of pyridine rings is 1. The van der Waals surface area contributed by atoms with Gasteiger partial charge in [-0.25, -0.2) is 4.98 Å². The van der Waals surface area contributed by atoms with Crippen LogP contribution in [0.5, 0.6) is 5.75 Å². The molecule has 12 heavy (non-hydrogen) atoms. The minimum absolute atomic E-state index is 0.0284. The Balaban J connectivity index is 2.77. The van der Waals surface area contributed by atoms with Crippen molar-refractivity contribution in [3.63, 3.8) is 0 Å². The van der Waals surface area contributed by atoms with Crippen molar-refractivity contribution >= 4 is 0 Å². The quantitative estimate of drug-likeness (QED) is 0.593. The van der Waals surface area contributed by atoms with Crippen molar-refractivity contribution < 1.29 is 10.2 Å². The fourth-order valence-electron chi connectivity index (χ4n) is 0.695. The summed E-state index contributed by atoms with van der Waals surface area (Å²) in [6.07, 6.45) is 1.96. The molecule has 0 saturated carbocycles. The van der Waals surface area contributed by atoms with Gasteiger partial charge in [0.25, 0.3) is 0 Å². The average molecular weight is 163 g/mol. The maximum absolute atomic E-state index is 9.18. The van der Waals surface area contributed by atoms with E-state index in [-0.39, 0.29) is 12.4 Å². The zero-order valence-electron chi connectivity index (χ0n) is 6.49. The molecule has 0 aromatic carbocycles. The normalized spacial score (nSPS) is 8.75. The number of aromatic nitrogens is 1. The summed E-state index contributed by atoms with van der Waals surface area (Å²) in [5.74, 6) is 5.38. The predicted molar refractivity (Wildman–Crippen MR) is 44.5 cm³/mol. The third kappa shape index (κ3) is 2.26. The Morgan fingerprint density at radius 2 is 2.33 bits per heavy atom. The minimum atomic E-state index is 0.0284. The maximum atomic E-state index is 9.18. The molecule has 0 radical (unpaired) electrons. The lowest BCUT2D eigenvalue weighted by Gasteiger charge is -1.91.